The van der Waals surface area contributed by atoms with Crippen LogP contribution in [0.4, 0.5) is 0 Å². The summed E-state index contributed by atoms with van der Waals surface area (Å²) < 4.78 is 1.71. The molecule has 1 amide bonds. The summed E-state index contributed by atoms with van der Waals surface area (Å²) in [4.78, 5) is 25.7. The molecule has 0 unspecified atom stereocenters. The second-order valence-corrected chi connectivity index (χ2v) is 8.57. The Morgan fingerprint density at radius 2 is 1.77 bits per heavy atom. The van der Waals surface area contributed by atoms with Gasteiger partial charge in [-0.25, -0.2) is 0 Å². The molecular formula is C22H14Cl2N4O2S. The molecule has 9 heteroatoms. The van der Waals surface area contributed by atoms with Crippen LogP contribution in [-0.2, 0) is 4.79 Å². The van der Waals surface area contributed by atoms with Gasteiger partial charge in [0.2, 0.25) is 5.91 Å². The van der Waals surface area contributed by atoms with E-state index in [9.17, 15) is 14.9 Å². The molecule has 0 radical (unpaired) electrons. The zero-order valence-corrected chi connectivity index (χ0v) is 18.1. The fourth-order valence-electron chi connectivity index (χ4n) is 3.54. The van der Waals surface area contributed by atoms with E-state index in [0.29, 0.717) is 25.7 Å². The SMILES string of the molecule is N#CC1=C(N)n2c(s/c(=C/c3ccccc3Cl)c2=O)=C(C(N)=O)[C@H]1c1ccccc1Cl. The van der Waals surface area contributed by atoms with Gasteiger partial charge in [0.05, 0.1) is 27.7 Å². The monoisotopic (exact) mass is 468 g/mol. The van der Waals surface area contributed by atoms with E-state index in [4.69, 9.17) is 34.7 Å². The third kappa shape index (κ3) is 3.45. The molecule has 1 aliphatic heterocycles. The van der Waals surface area contributed by atoms with Gasteiger partial charge in [-0.05, 0) is 29.3 Å². The number of thiazole rings is 1. The number of rotatable bonds is 3. The van der Waals surface area contributed by atoms with E-state index in [1.807, 2.05) is 6.07 Å². The number of carbonyl (C=O) groups is 1. The first kappa shape index (κ1) is 20.9. The van der Waals surface area contributed by atoms with Gasteiger partial charge >= 0.3 is 0 Å². The highest BCUT2D eigenvalue weighted by Gasteiger charge is 2.35. The molecule has 2 heterocycles. The zero-order valence-electron chi connectivity index (χ0n) is 15.8. The smallest absolute Gasteiger partial charge is 0.274 e. The first-order chi connectivity index (χ1) is 14.8. The summed E-state index contributed by atoms with van der Waals surface area (Å²) in [6, 6.07) is 15.9. The Hall–Kier alpha value is -3.31. The lowest BCUT2D eigenvalue weighted by atomic mass is 9.83. The second-order valence-electron chi connectivity index (χ2n) is 6.72. The molecule has 0 fully saturated rings. The molecule has 0 saturated heterocycles. The maximum absolute atomic E-state index is 13.2. The van der Waals surface area contributed by atoms with Crippen LogP contribution in [0.1, 0.15) is 17.0 Å². The van der Waals surface area contributed by atoms with Crippen molar-refractivity contribution in [2.45, 2.75) is 5.92 Å². The number of fused-ring (bicyclic) bond motifs is 1. The van der Waals surface area contributed by atoms with Crippen molar-refractivity contribution in [3.63, 3.8) is 0 Å². The van der Waals surface area contributed by atoms with Crippen LogP contribution in [0.2, 0.25) is 10.0 Å². The van der Waals surface area contributed by atoms with E-state index in [2.05, 4.69) is 0 Å². The van der Waals surface area contributed by atoms with Crippen LogP contribution in [0.5, 0.6) is 0 Å². The van der Waals surface area contributed by atoms with Crippen molar-refractivity contribution in [1.82, 2.24) is 4.57 Å². The number of nitrogens with two attached hydrogens (primary N) is 2. The molecule has 4 N–H and O–H groups in total. The van der Waals surface area contributed by atoms with Gasteiger partial charge < -0.3 is 11.5 Å². The van der Waals surface area contributed by atoms with Crippen LogP contribution in [0.3, 0.4) is 0 Å². The maximum Gasteiger partial charge on any atom is 0.274 e. The second kappa shape index (κ2) is 8.08. The lowest BCUT2D eigenvalue weighted by Crippen LogP contribution is -2.41. The predicted molar refractivity (Wildman–Crippen MR) is 123 cm³/mol. The Morgan fingerprint density at radius 3 is 2.39 bits per heavy atom. The lowest BCUT2D eigenvalue weighted by Gasteiger charge is -2.24. The molecule has 1 atom stereocenters. The molecule has 6 nitrogen and oxygen atoms in total. The van der Waals surface area contributed by atoms with Crippen molar-refractivity contribution in [3.8, 4) is 6.07 Å². The highest BCUT2D eigenvalue weighted by atomic mass is 35.5. The molecule has 154 valence electrons. The topological polar surface area (TPSA) is 115 Å². The minimum Gasteiger partial charge on any atom is -0.384 e. The number of primary amides is 1. The van der Waals surface area contributed by atoms with Gasteiger partial charge in [-0.2, -0.15) is 5.26 Å². The molecule has 1 aromatic heterocycles. The number of nitriles is 1. The standard InChI is InChI=1S/C22H14Cl2N4O2S/c23-14-7-3-1-5-11(14)9-16-21(30)28-19(26)13(10-25)17(12-6-2-4-8-15(12)24)18(20(27)29)22(28)31-16/h1-9,17H,26H2,(H2,27,29)/b16-9+/t17-/m0/s1. The fourth-order valence-corrected chi connectivity index (χ4v) is 5.15. The first-order valence-electron chi connectivity index (χ1n) is 9.01. The van der Waals surface area contributed by atoms with Gasteiger partial charge in [0.1, 0.15) is 10.5 Å². The van der Waals surface area contributed by atoms with Gasteiger partial charge in [-0.1, -0.05) is 59.6 Å². The van der Waals surface area contributed by atoms with Crippen molar-refractivity contribution < 1.29 is 4.79 Å². The summed E-state index contributed by atoms with van der Waals surface area (Å²) in [7, 11) is 0. The Morgan fingerprint density at radius 1 is 1.13 bits per heavy atom. The largest absolute Gasteiger partial charge is 0.384 e. The minimum absolute atomic E-state index is 0.0265. The van der Waals surface area contributed by atoms with Crippen LogP contribution in [-0.4, -0.2) is 10.5 Å². The number of allylic oxidation sites excluding steroid dienone is 1. The molecule has 2 aromatic carbocycles. The number of aromatic nitrogens is 1. The summed E-state index contributed by atoms with van der Waals surface area (Å²) in [5.74, 6) is -1.72. The normalized spacial score (nSPS) is 16.2. The maximum atomic E-state index is 13.2. The van der Waals surface area contributed by atoms with Crippen molar-refractivity contribution in [1.29, 1.82) is 5.26 Å². The van der Waals surface area contributed by atoms with E-state index < -0.39 is 17.4 Å². The van der Waals surface area contributed by atoms with E-state index in [0.717, 1.165) is 15.9 Å². The molecule has 0 saturated carbocycles. The average Bonchev–Trinajstić information content (AvgIpc) is 3.05. The van der Waals surface area contributed by atoms with Crippen molar-refractivity contribution in [2.75, 3.05) is 0 Å². The summed E-state index contributed by atoms with van der Waals surface area (Å²) in [6.45, 7) is 0. The van der Waals surface area contributed by atoms with Gasteiger partial charge in [0.25, 0.3) is 5.56 Å². The molecule has 0 spiro atoms. The number of amides is 1. The average molecular weight is 469 g/mol. The van der Waals surface area contributed by atoms with Crippen LogP contribution >= 0.6 is 34.5 Å². The van der Waals surface area contributed by atoms with Gasteiger partial charge in [0.15, 0.2) is 0 Å². The first-order valence-corrected chi connectivity index (χ1v) is 10.6. The number of hydrogen-bond donors (Lipinski definition) is 2. The number of benzene rings is 2. The van der Waals surface area contributed by atoms with E-state index in [-0.39, 0.29) is 21.6 Å². The number of halogens is 2. The van der Waals surface area contributed by atoms with E-state index >= 15 is 0 Å². The Balaban J connectivity index is 2.13. The van der Waals surface area contributed by atoms with Gasteiger partial charge in [-0.15, -0.1) is 11.3 Å². The van der Waals surface area contributed by atoms with Crippen LogP contribution in [0.25, 0.3) is 17.5 Å². The lowest BCUT2D eigenvalue weighted by molar-refractivity contribution is -0.113. The Bertz CT molecular complexity index is 1490. The molecule has 0 aliphatic carbocycles. The summed E-state index contributed by atoms with van der Waals surface area (Å²) in [5.41, 5.74) is 12.8. The molecule has 0 bridgehead atoms. The molecule has 3 aromatic rings. The molecular weight excluding hydrogens is 455 g/mol. The molecule has 31 heavy (non-hydrogen) atoms. The van der Waals surface area contributed by atoms with Gasteiger partial charge in [0, 0.05) is 10.0 Å². The highest BCUT2D eigenvalue weighted by Crippen LogP contribution is 2.38. The third-order valence-electron chi connectivity index (χ3n) is 4.94. The number of carbonyl (C=O) groups excluding carboxylic acids is 1. The summed E-state index contributed by atoms with van der Waals surface area (Å²) in [5, 5.41) is 10.7. The minimum atomic E-state index is -0.887. The van der Waals surface area contributed by atoms with Crippen LogP contribution in [0.15, 0.2) is 58.9 Å². The Kier molecular flexibility index (Phi) is 5.46. The summed E-state index contributed by atoms with van der Waals surface area (Å²) >= 11 is 13.6. The van der Waals surface area contributed by atoms with Crippen molar-refractivity contribution in [2.24, 2.45) is 11.5 Å². The molecule has 4 rings (SSSR count). The highest BCUT2D eigenvalue weighted by molar-refractivity contribution is 7.07. The summed E-state index contributed by atoms with van der Waals surface area (Å²) in [6.07, 6.45) is 1.61. The van der Waals surface area contributed by atoms with Gasteiger partial charge in [-0.3, -0.25) is 14.2 Å². The fraction of sp³-hybridized carbons (Fsp3) is 0.0455. The number of nitrogens with zero attached hydrogens (tertiary/aromatic N) is 2. The predicted octanol–water partition coefficient (Wildman–Crippen LogP) is 2.13. The van der Waals surface area contributed by atoms with E-state index in [1.54, 1.807) is 54.6 Å². The van der Waals surface area contributed by atoms with Crippen LogP contribution in [0, 0.1) is 11.3 Å². The van der Waals surface area contributed by atoms with Crippen molar-refractivity contribution in [3.05, 3.63) is 94.8 Å². The quantitative estimate of drug-likeness (QED) is 0.612. The third-order valence-corrected chi connectivity index (χ3v) is 6.74. The zero-order chi connectivity index (χ0) is 22.3. The molecule has 1 aliphatic rings. The van der Waals surface area contributed by atoms with E-state index in [1.165, 1.54) is 0 Å². The Labute approximate surface area is 190 Å². The number of hydrogen-bond acceptors (Lipinski definition) is 5. The van der Waals surface area contributed by atoms with Crippen LogP contribution < -0.4 is 26.2 Å². The van der Waals surface area contributed by atoms with Crippen molar-refractivity contribution >= 4 is 57.9 Å².